The van der Waals surface area contributed by atoms with Crippen LogP contribution in [0.1, 0.15) is 21.1 Å². The van der Waals surface area contributed by atoms with Crippen LogP contribution in [0.15, 0.2) is 64.9 Å². The molecule has 9 nitrogen and oxygen atoms in total. The first-order valence-corrected chi connectivity index (χ1v) is 13.4. The quantitative estimate of drug-likeness (QED) is 0.368. The van der Waals surface area contributed by atoms with Crippen molar-refractivity contribution in [2.24, 2.45) is 0 Å². The van der Waals surface area contributed by atoms with Crippen LogP contribution in [0.25, 0.3) is 21.1 Å². The Morgan fingerprint density at radius 1 is 1.03 bits per heavy atom. The van der Waals surface area contributed by atoms with Crippen LogP contribution in [0, 0.1) is 6.92 Å². The Kier molecular flexibility index (Phi) is 7.24. The van der Waals surface area contributed by atoms with Gasteiger partial charge in [0.25, 0.3) is 15.9 Å². The fraction of sp³-hybridized carbons (Fsp3) is 0.130. The Labute approximate surface area is 209 Å². The number of carbonyl (C=O) groups is 2. The van der Waals surface area contributed by atoms with Crippen LogP contribution in [0.5, 0.6) is 0 Å². The molecule has 35 heavy (non-hydrogen) atoms. The van der Waals surface area contributed by atoms with E-state index in [-0.39, 0.29) is 17.0 Å². The molecule has 0 saturated carbocycles. The van der Waals surface area contributed by atoms with Crippen molar-refractivity contribution in [3.05, 3.63) is 76.2 Å². The Balaban J connectivity index is 1.46. The molecule has 12 heteroatoms. The summed E-state index contributed by atoms with van der Waals surface area (Å²) in [6.45, 7) is 2.14. The number of carbonyl (C=O) groups excluding carboxylic acids is 2. The number of thiazole rings is 2. The number of aromatic nitrogens is 2. The van der Waals surface area contributed by atoms with Crippen molar-refractivity contribution in [2.45, 2.75) is 18.4 Å². The average molecular weight is 529 g/mol. The molecule has 0 aliphatic rings. The van der Waals surface area contributed by atoms with Gasteiger partial charge in [0.05, 0.1) is 34.8 Å². The normalized spacial score (nSPS) is 11.1. The largest absolute Gasteiger partial charge is 0.453 e. The number of hydrogen-bond acceptors (Lipinski definition) is 9. The summed E-state index contributed by atoms with van der Waals surface area (Å²) in [6, 6.07) is 14.3. The number of nitrogens with zero attached hydrogens (tertiary/aromatic N) is 2. The van der Waals surface area contributed by atoms with E-state index in [2.05, 4.69) is 19.8 Å². The van der Waals surface area contributed by atoms with Gasteiger partial charge in [0.2, 0.25) is 0 Å². The van der Waals surface area contributed by atoms with Gasteiger partial charge in [-0.05, 0) is 31.2 Å². The van der Waals surface area contributed by atoms with E-state index in [0.717, 1.165) is 31.8 Å². The maximum atomic E-state index is 12.5. The van der Waals surface area contributed by atoms with Crippen molar-refractivity contribution >= 4 is 44.7 Å². The molecule has 0 bridgehead atoms. The monoisotopic (exact) mass is 528 g/mol. The molecule has 0 spiro atoms. The third-order valence-electron chi connectivity index (χ3n) is 4.82. The van der Waals surface area contributed by atoms with E-state index in [1.54, 1.807) is 42.5 Å². The highest BCUT2D eigenvalue weighted by molar-refractivity contribution is 7.90. The first kappa shape index (κ1) is 24.5. The minimum atomic E-state index is -3.95. The number of rotatable bonds is 7. The molecule has 0 saturated heterocycles. The van der Waals surface area contributed by atoms with Crippen LogP contribution in [0.3, 0.4) is 0 Å². The van der Waals surface area contributed by atoms with E-state index >= 15 is 0 Å². The molecule has 0 atom stereocenters. The number of hydrogen-bond donors (Lipinski definition) is 2. The molecule has 0 radical (unpaired) electrons. The first-order chi connectivity index (χ1) is 16.8. The molecule has 0 fully saturated rings. The number of methoxy groups -OCH3 is 1. The maximum Gasteiger partial charge on any atom is 0.407 e. The molecule has 2 N–H and O–H groups in total. The van der Waals surface area contributed by atoms with Gasteiger partial charge >= 0.3 is 6.09 Å². The number of alkyl carbamates (subject to hydrolysis) is 1. The molecular formula is C23H20N4O5S3. The van der Waals surface area contributed by atoms with Crippen LogP contribution in [0.2, 0.25) is 0 Å². The molecule has 0 aliphatic carbocycles. The summed E-state index contributed by atoms with van der Waals surface area (Å²) < 4.78 is 31.4. The molecule has 0 aliphatic heterocycles. The lowest BCUT2D eigenvalue weighted by molar-refractivity contribution is 0.0981. The summed E-state index contributed by atoms with van der Waals surface area (Å²) in [7, 11) is -2.65. The number of ether oxygens (including phenoxy) is 1. The number of benzene rings is 2. The van der Waals surface area contributed by atoms with Gasteiger partial charge in [-0.1, -0.05) is 30.3 Å². The molecule has 2 aromatic heterocycles. The van der Waals surface area contributed by atoms with Crippen LogP contribution in [-0.4, -0.2) is 37.5 Å². The second-order valence-electron chi connectivity index (χ2n) is 7.23. The van der Waals surface area contributed by atoms with E-state index < -0.39 is 22.0 Å². The van der Waals surface area contributed by atoms with Crippen molar-refractivity contribution < 1.29 is 22.7 Å². The van der Waals surface area contributed by atoms with Gasteiger partial charge in [-0.15, -0.1) is 22.7 Å². The molecule has 0 unspecified atom stereocenters. The summed E-state index contributed by atoms with van der Waals surface area (Å²) >= 11 is 2.88. The molecule has 2 amide bonds. The van der Waals surface area contributed by atoms with Crippen molar-refractivity contribution in [1.82, 2.24) is 20.0 Å². The summed E-state index contributed by atoms with van der Waals surface area (Å²) in [6.07, 6.45) is -0.523. The van der Waals surface area contributed by atoms with Crippen LogP contribution >= 0.6 is 22.7 Å². The molecule has 180 valence electrons. The lowest BCUT2D eigenvalue weighted by atomic mass is 10.1. The Bertz CT molecular complexity index is 1460. The van der Waals surface area contributed by atoms with Crippen LogP contribution in [-0.2, 0) is 21.3 Å². The zero-order valence-corrected chi connectivity index (χ0v) is 21.1. The predicted octanol–water partition coefficient (Wildman–Crippen LogP) is 4.22. The van der Waals surface area contributed by atoms with Gasteiger partial charge in [-0.25, -0.2) is 27.9 Å². The van der Waals surface area contributed by atoms with Gasteiger partial charge in [-0.3, -0.25) is 4.79 Å². The zero-order chi connectivity index (χ0) is 25.0. The van der Waals surface area contributed by atoms with E-state index in [9.17, 15) is 18.0 Å². The van der Waals surface area contributed by atoms with Crippen molar-refractivity contribution in [3.8, 4) is 21.1 Å². The third kappa shape index (κ3) is 5.73. The average Bonchev–Trinajstić information content (AvgIpc) is 3.49. The van der Waals surface area contributed by atoms with E-state index in [4.69, 9.17) is 4.98 Å². The topological polar surface area (TPSA) is 127 Å². The van der Waals surface area contributed by atoms with E-state index in [1.165, 1.54) is 41.9 Å². The Morgan fingerprint density at radius 3 is 2.43 bits per heavy atom. The summed E-state index contributed by atoms with van der Waals surface area (Å²) in [5, 5.41) is 6.00. The molecule has 4 aromatic rings. The van der Waals surface area contributed by atoms with Crippen LogP contribution in [0.4, 0.5) is 4.79 Å². The van der Waals surface area contributed by atoms with Crippen molar-refractivity contribution in [1.29, 1.82) is 0 Å². The SMILES string of the molecule is COC(=O)NCc1nc(C)c(-c2csc(-c3ccc(C(=O)NS(=O)(=O)c4ccccc4)cc3)n2)s1. The minimum Gasteiger partial charge on any atom is -0.453 e. The highest BCUT2D eigenvalue weighted by Crippen LogP contribution is 2.34. The van der Waals surface area contributed by atoms with Gasteiger partial charge in [-0.2, -0.15) is 0 Å². The van der Waals surface area contributed by atoms with Crippen molar-refractivity contribution in [2.75, 3.05) is 7.11 Å². The first-order valence-electron chi connectivity index (χ1n) is 10.2. The van der Waals surface area contributed by atoms with Crippen LogP contribution < -0.4 is 10.0 Å². The van der Waals surface area contributed by atoms with Gasteiger partial charge in [0.15, 0.2) is 0 Å². The highest BCUT2D eigenvalue weighted by Gasteiger charge is 2.19. The fourth-order valence-corrected chi connectivity index (χ4v) is 5.95. The second kappa shape index (κ2) is 10.3. The standard InChI is InChI=1S/C23H20N4O5S3/c1-14-20(34-19(25-14)12-24-23(29)32-2)18-13-33-22(26-18)16-10-8-15(9-11-16)21(28)27-35(30,31)17-6-4-3-5-7-17/h3-11,13H,12H2,1-2H3,(H,24,29)(H,27,28). The van der Waals surface area contributed by atoms with Gasteiger partial charge in [0.1, 0.15) is 10.0 Å². The van der Waals surface area contributed by atoms with Gasteiger partial charge in [0, 0.05) is 16.5 Å². The number of aryl methyl sites for hydroxylation is 1. The van der Waals surface area contributed by atoms with E-state index in [1.807, 2.05) is 12.3 Å². The maximum absolute atomic E-state index is 12.5. The Hall–Kier alpha value is -3.61. The number of nitrogens with one attached hydrogen (secondary N) is 2. The molecule has 2 aromatic carbocycles. The van der Waals surface area contributed by atoms with E-state index in [0.29, 0.717) is 0 Å². The molecular weight excluding hydrogens is 508 g/mol. The highest BCUT2D eigenvalue weighted by atomic mass is 32.2. The number of amides is 2. The summed E-state index contributed by atoms with van der Waals surface area (Å²) in [5.41, 5.74) is 2.57. The predicted molar refractivity (Wildman–Crippen MR) is 134 cm³/mol. The number of sulfonamides is 1. The summed E-state index contributed by atoms with van der Waals surface area (Å²) in [5.74, 6) is -0.714. The Morgan fingerprint density at radius 2 is 1.74 bits per heavy atom. The molecule has 2 heterocycles. The van der Waals surface area contributed by atoms with Gasteiger partial charge < -0.3 is 10.1 Å². The lowest BCUT2D eigenvalue weighted by Gasteiger charge is -2.07. The molecule has 4 rings (SSSR count). The fourth-order valence-electron chi connectivity index (χ4n) is 3.10. The zero-order valence-electron chi connectivity index (χ0n) is 18.6. The third-order valence-corrected chi connectivity index (χ3v) is 8.24. The van der Waals surface area contributed by atoms with Crippen molar-refractivity contribution in [3.63, 3.8) is 0 Å². The smallest absolute Gasteiger partial charge is 0.407 e. The second-order valence-corrected chi connectivity index (χ2v) is 10.9. The minimum absolute atomic E-state index is 0.0166. The summed E-state index contributed by atoms with van der Waals surface area (Å²) in [4.78, 5) is 33.8. The lowest BCUT2D eigenvalue weighted by Crippen LogP contribution is -2.30.